The summed E-state index contributed by atoms with van der Waals surface area (Å²) in [6.45, 7) is 0.576. The molecule has 3 heterocycles. The van der Waals surface area contributed by atoms with Gasteiger partial charge in [0.25, 0.3) is 0 Å². The zero-order chi connectivity index (χ0) is 20.0. The van der Waals surface area contributed by atoms with Gasteiger partial charge in [-0.15, -0.1) is 10.2 Å². The molecule has 29 heavy (non-hydrogen) atoms. The highest BCUT2D eigenvalue weighted by Crippen LogP contribution is 2.32. The minimum atomic E-state index is -0.415. The molecular weight excluding hydrogens is 398 g/mol. The van der Waals surface area contributed by atoms with Gasteiger partial charge in [-0.1, -0.05) is 11.6 Å². The highest BCUT2D eigenvalue weighted by molar-refractivity contribution is 6.33. The Hall–Kier alpha value is -3.06. The smallest absolute Gasteiger partial charge is 0.171 e. The van der Waals surface area contributed by atoms with Gasteiger partial charge in [0.15, 0.2) is 5.65 Å². The highest BCUT2D eigenvalue weighted by Gasteiger charge is 2.20. The van der Waals surface area contributed by atoms with Crippen molar-refractivity contribution in [3.05, 3.63) is 76.5 Å². The lowest BCUT2D eigenvalue weighted by Gasteiger charge is -2.11. The van der Waals surface area contributed by atoms with E-state index in [9.17, 15) is 8.78 Å². The quantitative estimate of drug-likeness (QED) is 0.497. The fourth-order valence-corrected chi connectivity index (χ4v) is 4.04. The van der Waals surface area contributed by atoms with E-state index in [1.807, 2.05) is 0 Å². The molecule has 0 fully saturated rings. The maximum absolute atomic E-state index is 14.4. The van der Waals surface area contributed by atoms with Crippen molar-refractivity contribution in [3.63, 3.8) is 0 Å². The van der Waals surface area contributed by atoms with Crippen molar-refractivity contribution in [2.45, 2.75) is 19.3 Å². The first kappa shape index (κ1) is 18.0. The highest BCUT2D eigenvalue weighted by atomic mass is 35.5. The van der Waals surface area contributed by atoms with E-state index in [1.54, 1.807) is 29.1 Å². The Morgan fingerprint density at radius 2 is 2.00 bits per heavy atom. The SMILES string of the molecule is Fc1ccc(-c2cnc(CCc3c(F)ccc4c3CCO4)n3cnnc23)c(Cl)c1. The van der Waals surface area contributed by atoms with Crippen LogP contribution < -0.4 is 4.74 Å². The molecule has 0 unspecified atom stereocenters. The van der Waals surface area contributed by atoms with Crippen molar-refractivity contribution < 1.29 is 13.5 Å². The zero-order valence-electron chi connectivity index (χ0n) is 15.2. The number of aryl methyl sites for hydroxylation is 1. The van der Waals surface area contributed by atoms with Crippen molar-refractivity contribution in [1.29, 1.82) is 0 Å². The van der Waals surface area contributed by atoms with Gasteiger partial charge in [-0.25, -0.2) is 13.8 Å². The molecule has 0 N–H and O–H groups in total. The van der Waals surface area contributed by atoms with Crippen molar-refractivity contribution in [2.24, 2.45) is 0 Å². The Bertz CT molecular complexity index is 1240. The van der Waals surface area contributed by atoms with Gasteiger partial charge in [0, 0.05) is 35.7 Å². The van der Waals surface area contributed by atoms with Crippen LogP contribution in [0.5, 0.6) is 5.75 Å². The molecule has 0 atom stereocenters. The third kappa shape index (κ3) is 3.11. The summed E-state index contributed by atoms with van der Waals surface area (Å²) >= 11 is 6.21. The average molecular weight is 413 g/mol. The number of nitrogens with zero attached hydrogens (tertiary/aromatic N) is 4. The Labute approximate surface area is 169 Å². The van der Waals surface area contributed by atoms with E-state index in [0.29, 0.717) is 54.0 Å². The number of rotatable bonds is 4. The fraction of sp³-hybridized carbons (Fsp3) is 0.190. The molecule has 1 aliphatic rings. The minimum absolute atomic E-state index is 0.232. The summed E-state index contributed by atoms with van der Waals surface area (Å²) in [5.41, 5.74) is 3.42. The number of ether oxygens (including phenoxy) is 1. The third-order valence-corrected chi connectivity index (χ3v) is 5.48. The molecular formula is C21H15ClF2N4O. The monoisotopic (exact) mass is 412 g/mol. The Balaban J connectivity index is 1.50. The molecule has 4 aromatic rings. The molecule has 0 saturated heterocycles. The molecule has 2 aromatic heterocycles. The van der Waals surface area contributed by atoms with E-state index >= 15 is 0 Å². The van der Waals surface area contributed by atoms with Gasteiger partial charge in [0.1, 0.15) is 29.5 Å². The van der Waals surface area contributed by atoms with E-state index in [0.717, 1.165) is 11.3 Å². The predicted molar refractivity (Wildman–Crippen MR) is 104 cm³/mol. The number of benzene rings is 2. The standard InChI is InChI=1S/C21H15ClF2N4O/c22-17-9-12(23)1-2-13(17)16-10-25-20(28-11-26-27-21(16)28)6-3-14-15-7-8-29-19(15)5-4-18(14)24/h1-2,4-5,9-11H,3,6-8H2. The van der Waals surface area contributed by atoms with Crippen LogP contribution in [0.2, 0.25) is 5.02 Å². The van der Waals surface area contributed by atoms with Gasteiger partial charge in [-0.05, 0) is 42.3 Å². The van der Waals surface area contributed by atoms with Crippen LogP contribution in [-0.4, -0.2) is 26.2 Å². The van der Waals surface area contributed by atoms with Crippen molar-refractivity contribution in [3.8, 4) is 16.9 Å². The summed E-state index contributed by atoms with van der Waals surface area (Å²) in [6.07, 6.45) is 4.90. The van der Waals surface area contributed by atoms with Crippen LogP contribution in [0.15, 0.2) is 42.9 Å². The predicted octanol–water partition coefficient (Wildman–Crippen LogP) is 4.44. The molecule has 0 radical (unpaired) electrons. The molecule has 0 saturated carbocycles. The Kier molecular flexibility index (Phi) is 4.39. The van der Waals surface area contributed by atoms with E-state index < -0.39 is 5.82 Å². The number of aromatic nitrogens is 4. The van der Waals surface area contributed by atoms with Crippen molar-refractivity contribution in [1.82, 2.24) is 19.6 Å². The van der Waals surface area contributed by atoms with E-state index in [4.69, 9.17) is 16.3 Å². The second-order valence-corrected chi connectivity index (χ2v) is 7.25. The van der Waals surface area contributed by atoms with Crippen LogP contribution in [0.4, 0.5) is 8.78 Å². The average Bonchev–Trinajstić information content (AvgIpc) is 3.37. The van der Waals surface area contributed by atoms with Crippen LogP contribution in [0.25, 0.3) is 16.8 Å². The van der Waals surface area contributed by atoms with Gasteiger partial charge in [-0.3, -0.25) is 4.40 Å². The van der Waals surface area contributed by atoms with Crippen LogP contribution >= 0.6 is 11.6 Å². The second kappa shape index (κ2) is 7.08. The van der Waals surface area contributed by atoms with E-state index in [-0.39, 0.29) is 10.8 Å². The lowest BCUT2D eigenvalue weighted by Crippen LogP contribution is -2.06. The fourth-order valence-electron chi connectivity index (χ4n) is 3.77. The third-order valence-electron chi connectivity index (χ3n) is 5.17. The molecule has 2 aromatic carbocycles. The Morgan fingerprint density at radius 1 is 1.10 bits per heavy atom. The first-order valence-corrected chi connectivity index (χ1v) is 9.55. The van der Waals surface area contributed by atoms with Gasteiger partial charge in [0.05, 0.1) is 11.6 Å². The minimum Gasteiger partial charge on any atom is -0.493 e. The number of halogens is 3. The topological polar surface area (TPSA) is 52.3 Å². The number of hydrogen-bond donors (Lipinski definition) is 0. The maximum Gasteiger partial charge on any atom is 0.171 e. The van der Waals surface area contributed by atoms with Gasteiger partial charge in [0.2, 0.25) is 0 Å². The van der Waals surface area contributed by atoms with Crippen LogP contribution in [-0.2, 0) is 19.3 Å². The van der Waals surface area contributed by atoms with Crippen molar-refractivity contribution >= 4 is 17.2 Å². The number of hydrogen-bond acceptors (Lipinski definition) is 4. The molecule has 5 nitrogen and oxygen atoms in total. The normalized spacial score (nSPS) is 12.9. The number of fused-ring (bicyclic) bond motifs is 2. The molecule has 8 heteroatoms. The van der Waals surface area contributed by atoms with Crippen LogP contribution in [0, 0.1) is 11.6 Å². The van der Waals surface area contributed by atoms with Crippen LogP contribution in [0.3, 0.4) is 0 Å². The summed E-state index contributed by atoms with van der Waals surface area (Å²) in [4.78, 5) is 4.53. The summed E-state index contributed by atoms with van der Waals surface area (Å²) in [5.74, 6) is 0.805. The lowest BCUT2D eigenvalue weighted by atomic mass is 10.00. The summed E-state index contributed by atoms with van der Waals surface area (Å²) in [6, 6.07) is 7.30. The molecule has 0 spiro atoms. The van der Waals surface area contributed by atoms with E-state index in [2.05, 4.69) is 15.2 Å². The first-order valence-electron chi connectivity index (χ1n) is 9.18. The van der Waals surface area contributed by atoms with Gasteiger partial charge < -0.3 is 4.74 Å². The molecule has 0 aliphatic carbocycles. The lowest BCUT2D eigenvalue weighted by molar-refractivity contribution is 0.356. The second-order valence-electron chi connectivity index (χ2n) is 6.84. The molecule has 0 bridgehead atoms. The summed E-state index contributed by atoms with van der Waals surface area (Å²) < 4.78 is 35.1. The largest absolute Gasteiger partial charge is 0.493 e. The Morgan fingerprint density at radius 3 is 2.86 bits per heavy atom. The molecule has 1 aliphatic heterocycles. The zero-order valence-corrected chi connectivity index (χ0v) is 16.0. The van der Waals surface area contributed by atoms with E-state index in [1.165, 1.54) is 18.2 Å². The maximum atomic E-state index is 14.4. The molecule has 0 amide bonds. The van der Waals surface area contributed by atoms with Gasteiger partial charge >= 0.3 is 0 Å². The van der Waals surface area contributed by atoms with Crippen LogP contribution in [0.1, 0.15) is 17.0 Å². The molecule has 5 rings (SSSR count). The summed E-state index contributed by atoms with van der Waals surface area (Å²) in [5, 5.41) is 8.43. The van der Waals surface area contributed by atoms with Gasteiger partial charge in [-0.2, -0.15) is 0 Å². The molecule has 146 valence electrons. The van der Waals surface area contributed by atoms with Crippen molar-refractivity contribution in [2.75, 3.05) is 6.61 Å². The summed E-state index contributed by atoms with van der Waals surface area (Å²) in [7, 11) is 0. The first-order chi connectivity index (χ1) is 14.1.